The molecule has 1 saturated carbocycles. The Bertz CT molecular complexity index is 1030. The number of carbonyl (C=O) groups is 1. The van der Waals surface area contributed by atoms with Crippen molar-refractivity contribution in [3.63, 3.8) is 0 Å². The van der Waals surface area contributed by atoms with Crippen LogP contribution in [0.2, 0.25) is 0 Å². The first-order valence-electron chi connectivity index (χ1n) is 12.1. The SMILES string of the molecule is N#Cc1ccc(N2CCCC(NC3CCCCC3NC(=O)Nc3ccc(C(F)(F)F)cc3)C2)cc1. The highest BCUT2D eigenvalue weighted by Gasteiger charge is 2.31. The standard InChI is InChI=1S/C26H30F3N5O/c27-26(28,29)19-9-11-20(12-10-19)32-25(35)33-24-6-2-1-5-23(24)31-21-4-3-15-34(17-21)22-13-7-18(16-30)8-14-22/h7-14,21,23-24,31H,1-6,15,17H2,(H2,32,33,35). The van der Waals surface area contributed by atoms with E-state index in [1.807, 2.05) is 24.3 Å². The Morgan fingerprint density at radius 1 is 0.943 bits per heavy atom. The summed E-state index contributed by atoms with van der Waals surface area (Å²) >= 11 is 0. The van der Waals surface area contributed by atoms with Gasteiger partial charge in [0.1, 0.15) is 0 Å². The molecule has 2 aliphatic rings. The largest absolute Gasteiger partial charge is 0.416 e. The van der Waals surface area contributed by atoms with E-state index in [1.54, 1.807) is 0 Å². The number of anilines is 2. The number of amides is 2. The van der Waals surface area contributed by atoms with Crippen molar-refractivity contribution in [3.05, 3.63) is 59.7 Å². The topological polar surface area (TPSA) is 80.2 Å². The number of urea groups is 1. The number of carbonyl (C=O) groups excluding carboxylic acids is 1. The third-order valence-corrected chi connectivity index (χ3v) is 6.79. The molecular formula is C26H30F3N5O. The van der Waals surface area contributed by atoms with Crippen LogP contribution in [0.25, 0.3) is 0 Å². The Morgan fingerprint density at radius 3 is 2.29 bits per heavy atom. The second-order valence-electron chi connectivity index (χ2n) is 9.28. The second kappa shape index (κ2) is 11.0. The molecule has 1 saturated heterocycles. The fraction of sp³-hybridized carbons (Fsp3) is 0.462. The van der Waals surface area contributed by atoms with Gasteiger partial charge in [-0.2, -0.15) is 18.4 Å². The molecule has 35 heavy (non-hydrogen) atoms. The first-order chi connectivity index (χ1) is 16.8. The summed E-state index contributed by atoms with van der Waals surface area (Å²) < 4.78 is 38.3. The number of nitrogens with zero attached hydrogens (tertiary/aromatic N) is 2. The molecule has 0 bridgehead atoms. The van der Waals surface area contributed by atoms with Crippen LogP contribution in [0.1, 0.15) is 49.7 Å². The number of rotatable bonds is 5. The molecule has 2 aromatic carbocycles. The van der Waals surface area contributed by atoms with Crippen molar-refractivity contribution in [2.45, 2.75) is 62.8 Å². The van der Waals surface area contributed by atoms with Gasteiger partial charge in [0.15, 0.2) is 0 Å². The summed E-state index contributed by atoms with van der Waals surface area (Å²) in [6, 6.07) is 14.2. The summed E-state index contributed by atoms with van der Waals surface area (Å²) in [5, 5.41) is 18.5. The molecule has 9 heteroatoms. The van der Waals surface area contributed by atoms with Gasteiger partial charge in [0.25, 0.3) is 0 Å². The molecule has 2 aromatic rings. The Kier molecular flexibility index (Phi) is 7.81. The molecule has 0 spiro atoms. The summed E-state index contributed by atoms with van der Waals surface area (Å²) in [5.41, 5.74) is 1.32. The van der Waals surface area contributed by atoms with Crippen molar-refractivity contribution in [1.29, 1.82) is 5.26 Å². The normalized spacial score (nSPS) is 22.8. The Morgan fingerprint density at radius 2 is 1.63 bits per heavy atom. The van der Waals surface area contributed by atoms with Gasteiger partial charge in [0.05, 0.1) is 17.2 Å². The average molecular weight is 486 g/mol. The molecular weight excluding hydrogens is 455 g/mol. The molecule has 186 valence electrons. The van der Waals surface area contributed by atoms with Gasteiger partial charge in [0.2, 0.25) is 0 Å². The van der Waals surface area contributed by atoms with Crippen molar-refractivity contribution in [1.82, 2.24) is 10.6 Å². The Labute approximate surface area is 203 Å². The van der Waals surface area contributed by atoms with Gasteiger partial charge in [0, 0.05) is 42.6 Å². The highest BCUT2D eigenvalue weighted by molar-refractivity contribution is 5.89. The number of hydrogen-bond acceptors (Lipinski definition) is 4. The molecule has 6 nitrogen and oxygen atoms in total. The van der Waals surface area contributed by atoms with E-state index >= 15 is 0 Å². The fourth-order valence-electron chi connectivity index (χ4n) is 4.98. The van der Waals surface area contributed by atoms with E-state index in [9.17, 15) is 18.0 Å². The minimum absolute atomic E-state index is 0.0523. The Balaban J connectivity index is 1.32. The van der Waals surface area contributed by atoms with E-state index in [-0.39, 0.29) is 18.1 Å². The monoisotopic (exact) mass is 485 g/mol. The lowest BCUT2D eigenvalue weighted by molar-refractivity contribution is -0.137. The lowest BCUT2D eigenvalue weighted by Gasteiger charge is -2.40. The molecule has 2 amide bonds. The minimum atomic E-state index is -4.41. The molecule has 1 aliphatic heterocycles. The number of halogens is 3. The third kappa shape index (κ3) is 6.67. The van der Waals surface area contributed by atoms with Crippen LogP contribution in [0.5, 0.6) is 0 Å². The molecule has 4 rings (SSSR count). The van der Waals surface area contributed by atoms with E-state index in [2.05, 4.69) is 26.9 Å². The zero-order valence-electron chi connectivity index (χ0n) is 19.4. The van der Waals surface area contributed by atoms with Gasteiger partial charge >= 0.3 is 12.2 Å². The van der Waals surface area contributed by atoms with Crippen molar-refractivity contribution in [3.8, 4) is 6.07 Å². The number of nitriles is 1. The van der Waals surface area contributed by atoms with E-state index in [0.29, 0.717) is 11.3 Å². The molecule has 3 atom stereocenters. The van der Waals surface area contributed by atoms with E-state index < -0.39 is 17.8 Å². The van der Waals surface area contributed by atoms with Crippen LogP contribution in [0, 0.1) is 11.3 Å². The van der Waals surface area contributed by atoms with Crippen LogP contribution in [0.4, 0.5) is 29.3 Å². The predicted octanol–water partition coefficient (Wildman–Crippen LogP) is 5.27. The number of hydrogen-bond donors (Lipinski definition) is 3. The summed E-state index contributed by atoms with van der Waals surface area (Å²) in [7, 11) is 0. The highest BCUT2D eigenvalue weighted by Crippen LogP contribution is 2.30. The number of piperidine rings is 1. The molecule has 1 heterocycles. The maximum Gasteiger partial charge on any atom is 0.416 e. The number of alkyl halides is 3. The molecule has 3 N–H and O–H groups in total. The van der Waals surface area contributed by atoms with Crippen LogP contribution in [0.15, 0.2) is 48.5 Å². The van der Waals surface area contributed by atoms with Crippen LogP contribution < -0.4 is 20.9 Å². The predicted molar refractivity (Wildman–Crippen MR) is 129 cm³/mol. The van der Waals surface area contributed by atoms with E-state index in [1.165, 1.54) is 12.1 Å². The number of benzene rings is 2. The highest BCUT2D eigenvalue weighted by atomic mass is 19.4. The Hall–Kier alpha value is -3.25. The summed E-state index contributed by atoms with van der Waals surface area (Å²) in [4.78, 5) is 14.9. The maximum atomic E-state index is 12.8. The van der Waals surface area contributed by atoms with Crippen LogP contribution in [-0.2, 0) is 6.18 Å². The van der Waals surface area contributed by atoms with Gasteiger partial charge in [-0.15, -0.1) is 0 Å². The van der Waals surface area contributed by atoms with E-state index in [4.69, 9.17) is 5.26 Å². The summed E-state index contributed by atoms with van der Waals surface area (Å²) in [6.07, 6.45) is 1.61. The molecule has 3 unspecified atom stereocenters. The number of nitrogens with one attached hydrogen (secondary N) is 3. The van der Waals surface area contributed by atoms with Crippen LogP contribution in [-0.4, -0.2) is 37.2 Å². The van der Waals surface area contributed by atoms with Gasteiger partial charge < -0.3 is 20.9 Å². The van der Waals surface area contributed by atoms with E-state index in [0.717, 1.165) is 69.4 Å². The van der Waals surface area contributed by atoms with Crippen LogP contribution >= 0.6 is 0 Å². The summed E-state index contributed by atoms with van der Waals surface area (Å²) in [6.45, 7) is 1.82. The van der Waals surface area contributed by atoms with Gasteiger partial charge in [-0.25, -0.2) is 4.79 Å². The van der Waals surface area contributed by atoms with Crippen molar-refractivity contribution < 1.29 is 18.0 Å². The molecule has 0 aromatic heterocycles. The first-order valence-corrected chi connectivity index (χ1v) is 12.1. The fourth-order valence-corrected chi connectivity index (χ4v) is 4.98. The first kappa shape index (κ1) is 24.9. The van der Waals surface area contributed by atoms with Crippen molar-refractivity contribution in [2.24, 2.45) is 0 Å². The third-order valence-electron chi connectivity index (χ3n) is 6.79. The smallest absolute Gasteiger partial charge is 0.370 e. The van der Waals surface area contributed by atoms with Crippen molar-refractivity contribution >= 4 is 17.4 Å². The lowest BCUT2D eigenvalue weighted by atomic mass is 9.89. The molecule has 2 fully saturated rings. The zero-order chi connectivity index (χ0) is 24.8. The molecule has 1 aliphatic carbocycles. The minimum Gasteiger partial charge on any atom is -0.370 e. The average Bonchev–Trinajstić information content (AvgIpc) is 2.85. The molecule has 0 radical (unpaired) electrons. The van der Waals surface area contributed by atoms with Gasteiger partial charge in [-0.05, 0) is 74.2 Å². The zero-order valence-corrected chi connectivity index (χ0v) is 19.4. The lowest BCUT2D eigenvalue weighted by Crippen LogP contribution is -2.57. The van der Waals surface area contributed by atoms with Crippen LogP contribution in [0.3, 0.4) is 0 Å². The maximum absolute atomic E-state index is 12.8. The van der Waals surface area contributed by atoms with Crippen molar-refractivity contribution in [2.75, 3.05) is 23.3 Å². The van der Waals surface area contributed by atoms with Gasteiger partial charge in [-0.3, -0.25) is 0 Å². The summed E-state index contributed by atoms with van der Waals surface area (Å²) in [5.74, 6) is 0. The second-order valence-corrected chi connectivity index (χ2v) is 9.28. The quantitative estimate of drug-likeness (QED) is 0.539. The van der Waals surface area contributed by atoms with Gasteiger partial charge in [-0.1, -0.05) is 12.8 Å².